The molecule has 0 saturated heterocycles. The molecule has 0 bridgehead atoms. The van der Waals surface area contributed by atoms with Gasteiger partial charge in [0, 0.05) is 12.1 Å². The molecule has 0 aliphatic heterocycles. The van der Waals surface area contributed by atoms with Gasteiger partial charge in [-0.15, -0.1) is 0 Å². The molecule has 0 amide bonds. The van der Waals surface area contributed by atoms with E-state index in [-0.39, 0.29) is 11.1 Å². The number of hydrogen-bond donors (Lipinski definition) is 1. The van der Waals surface area contributed by atoms with Gasteiger partial charge >= 0.3 is 11.7 Å². The van der Waals surface area contributed by atoms with E-state index in [9.17, 15) is 24.8 Å². The maximum Gasteiger partial charge on any atom is 0.330 e. The monoisotopic (exact) mass is 293 g/mol. The van der Waals surface area contributed by atoms with Crippen molar-refractivity contribution in [1.82, 2.24) is 0 Å². The van der Waals surface area contributed by atoms with Gasteiger partial charge in [-0.3, -0.25) is 14.9 Å². The van der Waals surface area contributed by atoms with E-state index < -0.39 is 22.3 Å². The van der Waals surface area contributed by atoms with Crippen LogP contribution in [0.15, 0.2) is 18.2 Å². The molecule has 0 unspecified atom stereocenters. The molecule has 0 atom stereocenters. The Labute approximate surface area is 121 Å². The Hall–Kier alpha value is -2.70. The van der Waals surface area contributed by atoms with Crippen LogP contribution in [0.2, 0.25) is 0 Å². The lowest BCUT2D eigenvalue weighted by molar-refractivity contribution is -0.385. The summed E-state index contributed by atoms with van der Waals surface area (Å²) in [5.74, 6) is -1.27. The van der Waals surface area contributed by atoms with Crippen LogP contribution < -0.4 is 0 Å². The maximum absolute atomic E-state index is 11.4. The molecule has 7 heteroatoms. The fourth-order valence-electron chi connectivity index (χ4n) is 1.52. The number of unbranched alkanes of at least 4 members (excludes halogenated alkanes) is 1. The zero-order valence-electron chi connectivity index (χ0n) is 11.4. The quantitative estimate of drug-likeness (QED) is 0.207. The maximum atomic E-state index is 11.4. The molecule has 0 aromatic heterocycles. The van der Waals surface area contributed by atoms with E-state index in [1.54, 1.807) is 0 Å². The first-order chi connectivity index (χ1) is 9.99. The summed E-state index contributed by atoms with van der Waals surface area (Å²) in [7, 11) is 0. The summed E-state index contributed by atoms with van der Waals surface area (Å²) in [4.78, 5) is 32.1. The van der Waals surface area contributed by atoms with E-state index in [4.69, 9.17) is 4.74 Å². The molecule has 0 spiro atoms. The predicted molar refractivity (Wildman–Crippen MR) is 75.0 cm³/mol. The van der Waals surface area contributed by atoms with Crippen molar-refractivity contribution in [2.45, 2.75) is 19.8 Å². The van der Waals surface area contributed by atoms with E-state index in [2.05, 4.69) is 0 Å². The molecule has 0 aliphatic rings. The minimum Gasteiger partial charge on any atom is -0.502 e. The van der Waals surface area contributed by atoms with Crippen LogP contribution in [-0.2, 0) is 9.53 Å². The Morgan fingerprint density at radius 1 is 1.48 bits per heavy atom. The SMILES string of the molecule is CCCCOC(=O)/C=C/c1cc(C=O)c(O)c([N+](=O)[O-])c1. The van der Waals surface area contributed by atoms with Gasteiger partial charge in [0.05, 0.1) is 17.1 Å². The lowest BCUT2D eigenvalue weighted by Gasteiger charge is -2.02. The van der Waals surface area contributed by atoms with E-state index in [0.717, 1.165) is 25.0 Å². The molecule has 0 heterocycles. The summed E-state index contributed by atoms with van der Waals surface area (Å²) in [5, 5.41) is 20.3. The van der Waals surface area contributed by atoms with Crippen LogP contribution in [0.5, 0.6) is 5.75 Å². The zero-order chi connectivity index (χ0) is 15.8. The van der Waals surface area contributed by atoms with E-state index in [1.165, 1.54) is 12.1 Å². The fourth-order valence-corrected chi connectivity index (χ4v) is 1.52. The molecule has 0 radical (unpaired) electrons. The number of nitrogens with zero attached hydrogens (tertiary/aromatic N) is 1. The third-order valence-electron chi connectivity index (χ3n) is 2.62. The first kappa shape index (κ1) is 16.4. The molecule has 21 heavy (non-hydrogen) atoms. The lowest BCUT2D eigenvalue weighted by Crippen LogP contribution is -2.01. The van der Waals surface area contributed by atoms with Gasteiger partial charge in [-0.05, 0) is 24.1 Å². The molecule has 0 aliphatic carbocycles. The molecule has 0 saturated carbocycles. The minimum atomic E-state index is -0.806. The number of esters is 1. The smallest absolute Gasteiger partial charge is 0.330 e. The average molecular weight is 293 g/mol. The Morgan fingerprint density at radius 2 is 2.19 bits per heavy atom. The van der Waals surface area contributed by atoms with Crippen molar-refractivity contribution in [3.05, 3.63) is 39.4 Å². The minimum absolute atomic E-state index is 0.219. The summed E-state index contributed by atoms with van der Waals surface area (Å²) in [5.41, 5.74) is -0.573. The van der Waals surface area contributed by atoms with Gasteiger partial charge in [0.1, 0.15) is 0 Å². The third-order valence-corrected chi connectivity index (χ3v) is 2.62. The molecule has 112 valence electrons. The van der Waals surface area contributed by atoms with Crippen molar-refractivity contribution in [3.63, 3.8) is 0 Å². The van der Waals surface area contributed by atoms with Gasteiger partial charge in [0.2, 0.25) is 5.75 Å². The number of nitro groups is 1. The van der Waals surface area contributed by atoms with Crippen molar-refractivity contribution in [2.75, 3.05) is 6.61 Å². The zero-order valence-corrected chi connectivity index (χ0v) is 11.4. The van der Waals surface area contributed by atoms with Crippen molar-refractivity contribution in [1.29, 1.82) is 0 Å². The highest BCUT2D eigenvalue weighted by atomic mass is 16.6. The molecule has 1 rings (SSSR count). The number of carbonyl (C=O) groups is 2. The Kier molecular flexibility index (Phi) is 6.06. The highest BCUT2D eigenvalue weighted by Crippen LogP contribution is 2.30. The highest BCUT2D eigenvalue weighted by Gasteiger charge is 2.18. The van der Waals surface area contributed by atoms with Gasteiger partial charge in [0.25, 0.3) is 0 Å². The number of rotatable bonds is 7. The predicted octanol–water partition coefficient (Wildman–Crippen LogP) is 2.47. The van der Waals surface area contributed by atoms with Crippen molar-refractivity contribution < 1.29 is 24.4 Å². The van der Waals surface area contributed by atoms with Crippen LogP contribution in [0.25, 0.3) is 6.08 Å². The second-order valence-corrected chi connectivity index (χ2v) is 4.21. The fraction of sp³-hybridized carbons (Fsp3) is 0.286. The molecule has 1 aromatic carbocycles. The number of ether oxygens (including phenoxy) is 1. The van der Waals surface area contributed by atoms with Gasteiger partial charge in [0.15, 0.2) is 6.29 Å². The molecule has 1 aromatic rings. The lowest BCUT2D eigenvalue weighted by atomic mass is 10.1. The van der Waals surface area contributed by atoms with Gasteiger partial charge in [-0.1, -0.05) is 13.3 Å². The number of nitro benzene ring substituents is 1. The molecular formula is C14H15NO6. The third kappa shape index (κ3) is 4.72. The van der Waals surface area contributed by atoms with E-state index in [1.807, 2.05) is 6.92 Å². The van der Waals surface area contributed by atoms with Crippen LogP contribution in [0.3, 0.4) is 0 Å². The normalized spacial score (nSPS) is 10.5. The summed E-state index contributed by atoms with van der Waals surface area (Å²) in [6.07, 6.45) is 4.34. The number of benzene rings is 1. The van der Waals surface area contributed by atoms with Crippen LogP contribution in [-0.4, -0.2) is 28.9 Å². The van der Waals surface area contributed by atoms with Gasteiger partial charge < -0.3 is 9.84 Å². The topological polar surface area (TPSA) is 107 Å². The number of aromatic hydroxyl groups is 1. The first-order valence-corrected chi connectivity index (χ1v) is 6.31. The second kappa shape index (κ2) is 7.78. The standard InChI is InChI=1S/C14H15NO6/c1-2-3-6-21-13(17)5-4-10-7-11(9-16)14(18)12(8-10)15(19)20/h4-5,7-9,18H,2-3,6H2,1H3/b5-4+. The van der Waals surface area contributed by atoms with Crippen LogP contribution >= 0.6 is 0 Å². The number of aldehydes is 1. The molecule has 1 N–H and O–H groups in total. The van der Waals surface area contributed by atoms with Gasteiger partial charge in [-0.25, -0.2) is 4.79 Å². The van der Waals surface area contributed by atoms with Crippen molar-refractivity contribution in [2.24, 2.45) is 0 Å². The molecule has 0 fully saturated rings. The van der Waals surface area contributed by atoms with E-state index >= 15 is 0 Å². The molecular weight excluding hydrogens is 278 g/mol. The summed E-state index contributed by atoms with van der Waals surface area (Å²) in [6, 6.07) is 2.31. The molecule has 7 nitrogen and oxygen atoms in total. The van der Waals surface area contributed by atoms with Crippen LogP contribution in [0, 0.1) is 10.1 Å². The van der Waals surface area contributed by atoms with Crippen molar-refractivity contribution in [3.8, 4) is 5.75 Å². The summed E-state index contributed by atoms with van der Waals surface area (Å²) < 4.78 is 4.88. The number of phenols is 1. The van der Waals surface area contributed by atoms with Crippen molar-refractivity contribution >= 4 is 24.0 Å². The summed E-state index contributed by atoms with van der Waals surface area (Å²) in [6.45, 7) is 2.26. The summed E-state index contributed by atoms with van der Waals surface area (Å²) >= 11 is 0. The van der Waals surface area contributed by atoms with Gasteiger partial charge in [-0.2, -0.15) is 0 Å². The van der Waals surface area contributed by atoms with Crippen LogP contribution in [0.4, 0.5) is 5.69 Å². The Morgan fingerprint density at radius 3 is 2.76 bits per heavy atom. The Bertz CT molecular complexity index is 579. The second-order valence-electron chi connectivity index (χ2n) is 4.21. The number of carbonyl (C=O) groups excluding carboxylic acids is 2. The van der Waals surface area contributed by atoms with E-state index in [0.29, 0.717) is 12.9 Å². The first-order valence-electron chi connectivity index (χ1n) is 6.31. The Balaban J connectivity index is 2.93. The number of hydrogen-bond acceptors (Lipinski definition) is 6. The average Bonchev–Trinajstić information content (AvgIpc) is 2.46. The number of phenolic OH excluding ortho intramolecular Hbond substituents is 1. The largest absolute Gasteiger partial charge is 0.502 e. The highest BCUT2D eigenvalue weighted by molar-refractivity contribution is 5.89. The van der Waals surface area contributed by atoms with Crippen LogP contribution in [0.1, 0.15) is 35.7 Å².